The molecular weight excluding hydrogens is 353 g/mol. The maximum Gasteiger partial charge on any atom is 0.430 e. The summed E-state index contributed by atoms with van der Waals surface area (Å²) in [6.07, 6.45) is -7.80. The Bertz CT molecular complexity index is 913. The van der Waals surface area contributed by atoms with Gasteiger partial charge in [-0.1, -0.05) is 18.2 Å². The summed E-state index contributed by atoms with van der Waals surface area (Å²) in [5.74, 6) is -3.19. The van der Waals surface area contributed by atoms with E-state index in [4.69, 9.17) is 4.74 Å². The number of para-hydroxylation sites is 1. The van der Waals surface area contributed by atoms with Gasteiger partial charge in [0, 0.05) is 16.7 Å². The highest BCUT2D eigenvalue weighted by atomic mass is 19.4. The first-order valence-corrected chi connectivity index (χ1v) is 7.34. The van der Waals surface area contributed by atoms with E-state index in [1.54, 1.807) is 0 Å². The van der Waals surface area contributed by atoms with E-state index >= 15 is 0 Å². The number of carboxylic acids is 1. The third-order valence-electron chi connectivity index (χ3n) is 3.82. The van der Waals surface area contributed by atoms with Crippen LogP contribution in [-0.2, 0) is 4.79 Å². The Balaban J connectivity index is 2.28. The number of allylic oxidation sites excluding steroid dienone is 1. The molecule has 26 heavy (non-hydrogen) atoms. The molecule has 0 radical (unpaired) electrons. The summed E-state index contributed by atoms with van der Waals surface area (Å²) in [5.41, 5.74) is -1.86. The minimum atomic E-state index is -5.03. The Labute approximate surface area is 145 Å². The van der Waals surface area contributed by atoms with Crippen LogP contribution in [0.25, 0.3) is 5.57 Å². The number of phenols is 1. The number of phenolic OH excluding ortho intramolecular Hbond substituents is 1. The molecule has 5 nitrogen and oxygen atoms in total. The summed E-state index contributed by atoms with van der Waals surface area (Å²) >= 11 is 0. The van der Waals surface area contributed by atoms with Crippen molar-refractivity contribution >= 4 is 17.3 Å². The molecular formula is C18H11F3O5. The molecule has 0 spiro atoms. The van der Waals surface area contributed by atoms with Gasteiger partial charge in [-0.05, 0) is 30.3 Å². The Morgan fingerprint density at radius 1 is 1.00 bits per heavy atom. The second-order valence-electron chi connectivity index (χ2n) is 5.51. The molecule has 2 N–H and O–H groups in total. The Morgan fingerprint density at radius 3 is 2.19 bits per heavy atom. The van der Waals surface area contributed by atoms with Gasteiger partial charge in [0.25, 0.3) is 0 Å². The molecule has 1 aliphatic heterocycles. The fraction of sp³-hybridized carbons (Fsp3) is 0.111. The summed E-state index contributed by atoms with van der Waals surface area (Å²) in [4.78, 5) is 24.4. The van der Waals surface area contributed by atoms with Gasteiger partial charge in [-0.25, -0.2) is 4.79 Å². The first-order valence-electron chi connectivity index (χ1n) is 7.34. The van der Waals surface area contributed by atoms with E-state index < -0.39 is 35.2 Å². The van der Waals surface area contributed by atoms with Crippen LogP contribution in [0.4, 0.5) is 13.2 Å². The van der Waals surface area contributed by atoms with Gasteiger partial charge < -0.3 is 14.9 Å². The highest BCUT2D eigenvalue weighted by Gasteiger charge is 2.51. The number of aromatic hydroxyl groups is 1. The van der Waals surface area contributed by atoms with Crippen molar-refractivity contribution in [3.8, 4) is 11.5 Å². The molecule has 134 valence electrons. The van der Waals surface area contributed by atoms with Crippen molar-refractivity contribution in [3.05, 3.63) is 65.2 Å². The highest BCUT2D eigenvalue weighted by molar-refractivity contribution is 6.33. The van der Waals surface area contributed by atoms with Crippen molar-refractivity contribution in [1.82, 2.24) is 0 Å². The van der Waals surface area contributed by atoms with Crippen LogP contribution in [-0.4, -0.2) is 34.2 Å². The lowest BCUT2D eigenvalue weighted by Gasteiger charge is -2.30. The molecule has 2 aromatic rings. The van der Waals surface area contributed by atoms with E-state index in [9.17, 15) is 33.0 Å². The van der Waals surface area contributed by atoms with E-state index in [1.165, 1.54) is 48.5 Å². The van der Waals surface area contributed by atoms with Crippen LogP contribution in [0.1, 0.15) is 15.9 Å². The van der Waals surface area contributed by atoms with Crippen LogP contribution in [0.5, 0.6) is 11.5 Å². The standard InChI is InChI=1S/C18H11F3O5/c19-18(20,21)16-14(17(24)25)13(11-3-1-2-4-12(11)26-16)15(23)9-5-7-10(22)8-6-9/h1-8,16,22H,(H,24,25). The number of rotatable bonds is 3. The third kappa shape index (κ3) is 3.01. The molecule has 1 unspecified atom stereocenters. The predicted octanol–water partition coefficient (Wildman–Crippen LogP) is 3.44. The second kappa shape index (κ2) is 6.21. The fourth-order valence-electron chi connectivity index (χ4n) is 2.69. The van der Waals surface area contributed by atoms with Gasteiger partial charge in [-0.3, -0.25) is 4.79 Å². The zero-order valence-corrected chi connectivity index (χ0v) is 12.9. The van der Waals surface area contributed by atoms with Crippen LogP contribution < -0.4 is 4.74 Å². The van der Waals surface area contributed by atoms with Crippen LogP contribution in [0.2, 0.25) is 0 Å². The number of alkyl halides is 3. The van der Waals surface area contributed by atoms with Gasteiger partial charge in [-0.2, -0.15) is 13.2 Å². The number of Topliss-reactive ketones (excluding diaryl/α,β-unsaturated/α-hetero) is 1. The first-order chi connectivity index (χ1) is 12.2. The second-order valence-corrected chi connectivity index (χ2v) is 5.51. The number of fused-ring (bicyclic) bond motifs is 1. The number of carbonyl (C=O) groups excluding carboxylic acids is 1. The third-order valence-corrected chi connectivity index (χ3v) is 3.82. The smallest absolute Gasteiger partial charge is 0.430 e. The summed E-state index contributed by atoms with van der Waals surface area (Å²) in [5, 5.41) is 18.7. The van der Waals surface area contributed by atoms with Gasteiger partial charge in [0.15, 0.2) is 5.78 Å². The van der Waals surface area contributed by atoms with Crippen LogP contribution in [0, 0.1) is 0 Å². The van der Waals surface area contributed by atoms with Crippen LogP contribution in [0.3, 0.4) is 0 Å². The van der Waals surface area contributed by atoms with Gasteiger partial charge in [-0.15, -0.1) is 0 Å². The minimum Gasteiger partial charge on any atom is -0.508 e. The minimum absolute atomic E-state index is 0.0384. The number of hydrogen-bond donors (Lipinski definition) is 2. The van der Waals surface area contributed by atoms with Crippen molar-refractivity contribution < 1.29 is 37.7 Å². The summed E-state index contributed by atoms with van der Waals surface area (Å²) in [6.45, 7) is 0. The molecule has 3 rings (SSSR count). The normalized spacial score (nSPS) is 16.7. The number of carboxylic acid groups (broad SMARTS) is 1. The molecule has 2 aromatic carbocycles. The Hall–Kier alpha value is -3.29. The molecule has 0 amide bonds. The van der Waals surface area contributed by atoms with Gasteiger partial charge in [0.05, 0.1) is 5.57 Å². The molecule has 0 saturated heterocycles. The van der Waals surface area contributed by atoms with Crippen molar-refractivity contribution in [2.45, 2.75) is 12.3 Å². The number of ether oxygens (including phenoxy) is 1. The number of halogens is 3. The lowest BCUT2D eigenvalue weighted by molar-refractivity contribution is -0.187. The quantitative estimate of drug-likeness (QED) is 0.816. The first kappa shape index (κ1) is 17.5. The number of ketones is 1. The van der Waals surface area contributed by atoms with Crippen molar-refractivity contribution in [3.63, 3.8) is 0 Å². The maximum absolute atomic E-state index is 13.4. The molecule has 0 saturated carbocycles. The van der Waals surface area contributed by atoms with E-state index in [1.807, 2.05) is 0 Å². The zero-order chi connectivity index (χ0) is 19.1. The van der Waals surface area contributed by atoms with E-state index in [0.717, 1.165) is 0 Å². The molecule has 0 aliphatic carbocycles. The molecule has 0 aromatic heterocycles. The summed E-state index contributed by atoms with van der Waals surface area (Å²) < 4.78 is 45.0. The van der Waals surface area contributed by atoms with E-state index in [0.29, 0.717) is 0 Å². The largest absolute Gasteiger partial charge is 0.508 e. The fourth-order valence-corrected chi connectivity index (χ4v) is 2.69. The average molecular weight is 364 g/mol. The lowest BCUT2D eigenvalue weighted by Crippen LogP contribution is -2.42. The molecule has 1 aliphatic rings. The number of benzene rings is 2. The van der Waals surface area contributed by atoms with Crippen molar-refractivity contribution in [2.24, 2.45) is 0 Å². The van der Waals surface area contributed by atoms with Gasteiger partial charge >= 0.3 is 12.1 Å². The Kier molecular flexibility index (Phi) is 4.19. The van der Waals surface area contributed by atoms with Crippen LogP contribution in [0.15, 0.2) is 54.1 Å². The topological polar surface area (TPSA) is 83.8 Å². The average Bonchev–Trinajstić information content (AvgIpc) is 2.59. The van der Waals surface area contributed by atoms with Crippen molar-refractivity contribution in [1.29, 1.82) is 0 Å². The summed E-state index contributed by atoms with van der Waals surface area (Å²) in [7, 11) is 0. The highest BCUT2D eigenvalue weighted by Crippen LogP contribution is 2.42. The number of hydrogen-bond acceptors (Lipinski definition) is 4. The number of carbonyl (C=O) groups is 2. The molecule has 1 heterocycles. The summed E-state index contributed by atoms with van der Waals surface area (Å²) in [6, 6.07) is 10.2. The van der Waals surface area contributed by atoms with Crippen molar-refractivity contribution in [2.75, 3.05) is 0 Å². The zero-order valence-electron chi connectivity index (χ0n) is 12.9. The van der Waals surface area contributed by atoms with Gasteiger partial charge in [0.2, 0.25) is 6.10 Å². The van der Waals surface area contributed by atoms with Crippen LogP contribution >= 0.6 is 0 Å². The molecule has 0 fully saturated rings. The molecule has 8 heteroatoms. The number of aliphatic carboxylic acids is 1. The monoisotopic (exact) mass is 364 g/mol. The maximum atomic E-state index is 13.4. The lowest BCUT2D eigenvalue weighted by atomic mass is 9.87. The van der Waals surface area contributed by atoms with E-state index in [-0.39, 0.29) is 22.6 Å². The SMILES string of the molecule is O=C(O)C1=C(C(=O)c2ccc(O)cc2)c2ccccc2OC1C(F)(F)F. The molecule has 0 bridgehead atoms. The molecule has 1 atom stereocenters. The predicted molar refractivity (Wildman–Crippen MR) is 83.9 cm³/mol. The van der Waals surface area contributed by atoms with E-state index in [2.05, 4.69) is 0 Å². The Morgan fingerprint density at radius 2 is 1.62 bits per heavy atom. The van der Waals surface area contributed by atoms with Gasteiger partial charge in [0.1, 0.15) is 11.5 Å².